The largest absolute Gasteiger partial charge is 0.275 e. The number of hydrogen-bond donors (Lipinski definition) is 0. The van der Waals surface area contributed by atoms with Crippen LogP contribution in [0.25, 0.3) is 126 Å². The highest BCUT2D eigenvalue weighted by Crippen LogP contribution is 2.45. The maximum absolute atomic E-state index is 4.80. The number of thiophene rings is 1. The smallest absolute Gasteiger partial charge is 0.168 e. The van der Waals surface area contributed by atoms with Gasteiger partial charge in [-0.2, -0.15) is 0 Å². The van der Waals surface area contributed by atoms with Crippen LogP contribution in [0.2, 0.25) is 0 Å². The Labute approximate surface area is 398 Å². The van der Waals surface area contributed by atoms with Crippen molar-refractivity contribution in [3.05, 3.63) is 249 Å². The summed E-state index contributed by atoms with van der Waals surface area (Å²) in [5.74, 6) is 1.61. The molecule has 0 bridgehead atoms. The van der Waals surface area contributed by atoms with E-state index in [4.69, 9.17) is 10.2 Å². The van der Waals surface area contributed by atoms with E-state index in [2.05, 4.69) is 229 Å². The zero-order valence-electron chi connectivity index (χ0n) is 36.9. The summed E-state index contributed by atoms with van der Waals surface area (Å²) in [5, 5.41) is 17.1. The van der Waals surface area contributed by atoms with Gasteiger partial charge in [0.05, 0.1) is 0 Å². The number of rotatable bonds is 8. The van der Waals surface area contributed by atoms with Crippen LogP contribution in [-0.4, -0.2) is 14.8 Å². The van der Waals surface area contributed by atoms with Crippen molar-refractivity contribution in [2.75, 3.05) is 0 Å². The lowest BCUT2D eigenvalue weighted by Crippen LogP contribution is -2.00. The predicted molar refractivity (Wildman–Crippen MR) is 287 cm³/mol. The minimum Gasteiger partial charge on any atom is -0.275 e. The Bertz CT molecular complexity index is 3980. The van der Waals surface area contributed by atoms with E-state index in [-0.39, 0.29) is 0 Å². The van der Waals surface area contributed by atoms with E-state index in [0.29, 0.717) is 0 Å². The summed E-state index contributed by atoms with van der Waals surface area (Å²) in [5.41, 5.74) is 15.0. The fourth-order valence-electron chi connectivity index (χ4n) is 9.75. The van der Waals surface area contributed by atoms with Crippen molar-refractivity contribution in [3.63, 3.8) is 0 Å². The maximum atomic E-state index is 4.80. The Morgan fingerprint density at radius 1 is 0.279 bits per heavy atom. The molecule has 0 saturated heterocycles. The second-order valence-electron chi connectivity index (χ2n) is 17.5. The summed E-state index contributed by atoms with van der Waals surface area (Å²) in [6.07, 6.45) is 0. The minimum atomic E-state index is 0.798. The highest BCUT2D eigenvalue weighted by molar-refractivity contribution is 7.26. The molecule has 13 rings (SSSR count). The lowest BCUT2D eigenvalue weighted by atomic mass is 9.93. The normalized spacial score (nSPS) is 11.5. The molecule has 0 aliphatic rings. The fraction of sp³-hybridized carbons (Fsp3) is 0. The van der Waals surface area contributed by atoms with Gasteiger partial charge in [0.15, 0.2) is 11.6 Å². The molecule has 2 aromatic heterocycles. The lowest BCUT2D eigenvalue weighted by Gasteiger charge is -2.12. The van der Waals surface area contributed by atoms with Gasteiger partial charge in [-0.15, -0.1) is 21.5 Å². The van der Waals surface area contributed by atoms with Gasteiger partial charge in [-0.1, -0.05) is 200 Å². The molecule has 68 heavy (non-hydrogen) atoms. The molecule has 0 amide bonds. The Morgan fingerprint density at radius 2 is 0.691 bits per heavy atom. The van der Waals surface area contributed by atoms with Gasteiger partial charge in [-0.3, -0.25) is 4.57 Å². The van der Waals surface area contributed by atoms with Crippen molar-refractivity contribution < 1.29 is 0 Å². The molecule has 13 aromatic rings. The van der Waals surface area contributed by atoms with Crippen molar-refractivity contribution in [1.29, 1.82) is 0 Å². The van der Waals surface area contributed by atoms with Crippen LogP contribution in [0.3, 0.4) is 0 Å². The molecular weight excluding hydrogens is 843 g/mol. The van der Waals surface area contributed by atoms with E-state index in [9.17, 15) is 0 Å². The second kappa shape index (κ2) is 16.6. The molecule has 0 atom stereocenters. The molecule has 11 aromatic carbocycles. The molecule has 0 radical (unpaired) electrons. The average molecular weight is 884 g/mol. The maximum Gasteiger partial charge on any atom is 0.168 e. The van der Waals surface area contributed by atoms with Crippen LogP contribution in [0.4, 0.5) is 0 Å². The highest BCUT2D eigenvalue weighted by Gasteiger charge is 2.19. The van der Waals surface area contributed by atoms with Crippen LogP contribution < -0.4 is 0 Å². The minimum absolute atomic E-state index is 0.798. The molecule has 4 heteroatoms. The van der Waals surface area contributed by atoms with Crippen LogP contribution in [0.15, 0.2) is 249 Å². The quantitative estimate of drug-likeness (QED) is 0.152. The summed E-state index contributed by atoms with van der Waals surface area (Å²) in [7, 11) is 0. The molecule has 0 unspecified atom stereocenters. The van der Waals surface area contributed by atoms with Gasteiger partial charge in [0.1, 0.15) is 0 Å². The van der Waals surface area contributed by atoms with Gasteiger partial charge < -0.3 is 0 Å². The van der Waals surface area contributed by atoms with E-state index in [1.807, 2.05) is 35.6 Å². The van der Waals surface area contributed by atoms with E-state index in [1.165, 1.54) is 91.8 Å². The van der Waals surface area contributed by atoms with Gasteiger partial charge in [0.25, 0.3) is 0 Å². The molecule has 0 saturated carbocycles. The van der Waals surface area contributed by atoms with Crippen LogP contribution in [0.5, 0.6) is 0 Å². The van der Waals surface area contributed by atoms with Crippen molar-refractivity contribution in [1.82, 2.24) is 14.8 Å². The number of nitrogens with zero attached hydrogens (tertiary/aromatic N) is 3. The highest BCUT2D eigenvalue weighted by atomic mass is 32.1. The SMILES string of the molecule is c1ccc(-c2nnc(-c3ccc(-c4cc(-c5ccc(-c6ccc7ccccc7c6)cc5)cc5c4sc4ccc(-c6ccc(-c7ccc8ccccc8c7)cc6)cc45)cc3)n2-c2ccccc2)cc1. The van der Waals surface area contributed by atoms with E-state index in [1.54, 1.807) is 0 Å². The first kappa shape index (κ1) is 39.6. The zero-order valence-corrected chi connectivity index (χ0v) is 37.7. The summed E-state index contributed by atoms with van der Waals surface area (Å²) in [6.45, 7) is 0. The molecule has 318 valence electrons. The number of benzene rings is 11. The van der Waals surface area contributed by atoms with Gasteiger partial charge in [0, 0.05) is 42.6 Å². The Morgan fingerprint density at radius 3 is 1.26 bits per heavy atom. The topological polar surface area (TPSA) is 30.7 Å². The van der Waals surface area contributed by atoms with Gasteiger partial charge in [-0.05, 0) is 120 Å². The Balaban J connectivity index is 0.914. The summed E-state index contributed by atoms with van der Waals surface area (Å²) in [6, 6.07) is 89.9. The lowest BCUT2D eigenvalue weighted by molar-refractivity contribution is 1.07. The van der Waals surface area contributed by atoms with Crippen molar-refractivity contribution >= 4 is 53.1 Å². The van der Waals surface area contributed by atoms with Gasteiger partial charge in [-0.25, -0.2) is 0 Å². The Hall–Kier alpha value is -8.70. The van der Waals surface area contributed by atoms with E-state index >= 15 is 0 Å². The third-order valence-electron chi connectivity index (χ3n) is 13.3. The summed E-state index contributed by atoms with van der Waals surface area (Å²) >= 11 is 1.87. The fourth-order valence-corrected chi connectivity index (χ4v) is 11.0. The van der Waals surface area contributed by atoms with Gasteiger partial charge in [0.2, 0.25) is 0 Å². The number of para-hydroxylation sites is 1. The summed E-state index contributed by atoms with van der Waals surface area (Å²) in [4.78, 5) is 0. The predicted octanol–water partition coefficient (Wildman–Crippen LogP) is 17.6. The van der Waals surface area contributed by atoms with E-state index in [0.717, 1.165) is 34.0 Å². The monoisotopic (exact) mass is 883 g/mol. The molecule has 0 spiro atoms. The van der Waals surface area contributed by atoms with Crippen molar-refractivity contribution in [2.24, 2.45) is 0 Å². The van der Waals surface area contributed by atoms with Crippen LogP contribution in [0.1, 0.15) is 0 Å². The molecule has 3 nitrogen and oxygen atoms in total. The third-order valence-corrected chi connectivity index (χ3v) is 14.6. The molecule has 0 aliphatic heterocycles. The van der Waals surface area contributed by atoms with E-state index < -0.39 is 0 Å². The molecule has 0 N–H and O–H groups in total. The van der Waals surface area contributed by atoms with Crippen molar-refractivity contribution in [3.8, 4) is 84.1 Å². The number of aromatic nitrogens is 3. The van der Waals surface area contributed by atoms with Crippen LogP contribution >= 0.6 is 11.3 Å². The first-order valence-electron chi connectivity index (χ1n) is 23.0. The average Bonchev–Trinajstić information content (AvgIpc) is 4.03. The third kappa shape index (κ3) is 7.16. The number of hydrogen-bond acceptors (Lipinski definition) is 3. The first-order chi connectivity index (χ1) is 33.7. The van der Waals surface area contributed by atoms with Crippen LogP contribution in [0, 0.1) is 0 Å². The molecule has 0 aliphatic carbocycles. The Kier molecular flexibility index (Phi) is 9.69. The molecular formula is C64H41N3S. The van der Waals surface area contributed by atoms with Crippen LogP contribution in [-0.2, 0) is 0 Å². The summed E-state index contributed by atoms with van der Waals surface area (Å²) < 4.78 is 4.69. The molecule has 2 heterocycles. The zero-order chi connectivity index (χ0) is 45.0. The van der Waals surface area contributed by atoms with Gasteiger partial charge >= 0.3 is 0 Å². The molecule has 0 fully saturated rings. The second-order valence-corrected chi connectivity index (χ2v) is 18.5. The standard InChI is InChI=1S/C64H41N3S/c1-3-13-49(14-4-1)63-65-66-64(67(63)57-17-5-2-6-18-57)50-31-29-48(30-32-50)58-40-56(47-25-23-45(24-26-47)54-34-28-43-12-8-10-16-52(43)38-54)41-60-59-39-55(35-36-61(59)68-62(58)60)46-21-19-44(20-22-46)53-33-27-42-11-7-9-15-51(42)37-53/h1-41H. The van der Waals surface area contributed by atoms with Crippen molar-refractivity contribution in [2.45, 2.75) is 0 Å². The first-order valence-corrected chi connectivity index (χ1v) is 23.9. The number of fused-ring (bicyclic) bond motifs is 5.